The number of esters is 2. The number of fused-ring (bicyclic) bond motifs is 1. The first-order chi connectivity index (χ1) is 7.13. The molecule has 1 saturated carbocycles. The average molecular weight is 212 g/mol. The van der Waals surface area contributed by atoms with Crippen LogP contribution in [-0.2, 0) is 23.9 Å². The van der Waals surface area contributed by atoms with E-state index in [0.29, 0.717) is 0 Å². The summed E-state index contributed by atoms with van der Waals surface area (Å²) in [4.78, 5) is 34.0. The molecule has 1 aliphatic carbocycles. The molecule has 0 N–H and O–H groups in total. The van der Waals surface area contributed by atoms with Crippen LogP contribution in [-0.4, -0.2) is 31.4 Å². The van der Waals surface area contributed by atoms with Crippen LogP contribution in [0.2, 0.25) is 0 Å². The molecule has 5 nitrogen and oxygen atoms in total. The molecule has 0 radical (unpaired) electrons. The van der Waals surface area contributed by atoms with Crippen molar-refractivity contribution < 1.29 is 23.9 Å². The summed E-state index contributed by atoms with van der Waals surface area (Å²) < 4.78 is 9.49. The Kier molecular flexibility index (Phi) is 2.46. The normalized spacial score (nSPS) is 34.6. The van der Waals surface area contributed by atoms with Crippen LogP contribution in [0.3, 0.4) is 0 Å². The van der Waals surface area contributed by atoms with Crippen LogP contribution in [0, 0.1) is 17.8 Å². The van der Waals surface area contributed by atoms with Gasteiger partial charge in [-0.3, -0.25) is 14.4 Å². The maximum Gasteiger partial charge on any atom is 0.309 e. The van der Waals surface area contributed by atoms with Gasteiger partial charge in [-0.05, 0) is 0 Å². The Morgan fingerprint density at radius 2 is 2.13 bits per heavy atom. The lowest BCUT2D eigenvalue weighted by Gasteiger charge is -2.26. The first-order valence-electron chi connectivity index (χ1n) is 4.89. The van der Waals surface area contributed by atoms with Crippen LogP contribution in [0.1, 0.15) is 12.8 Å². The van der Waals surface area contributed by atoms with E-state index < -0.39 is 5.92 Å². The van der Waals surface area contributed by atoms with Gasteiger partial charge in [0.1, 0.15) is 5.78 Å². The number of carbonyl (C=O) groups excluding carboxylic acids is 3. The SMILES string of the molecule is COC(=O)[C@H]1CC(=O)[C@@H]2CC(=O)OC[C@H]12. The van der Waals surface area contributed by atoms with Crippen LogP contribution in [0.25, 0.3) is 0 Å². The van der Waals surface area contributed by atoms with Crippen LogP contribution in [0.4, 0.5) is 0 Å². The van der Waals surface area contributed by atoms with Crippen molar-refractivity contribution in [2.75, 3.05) is 13.7 Å². The molecule has 15 heavy (non-hydrogen) atoms. The van der Waals surface area contributed by atoms with Gasteiger partial charge in [0.05, 0.1) is 26.1 Å². The van der Waals surface area contributed by atoms with Crippen LogP contribution < -0.4 is 0 Å². The van der Waals surface area contributed by atoms with E-state index in [1.165, 1.54) is 7.11 Å². The van der Waals surface area contributed by atoms with E-state index in [1.54, 1.807) is 0 Å². The Morgan fingerprint density at radius 3 is 2.80 bits per heavy atom. The van der Waals surface area contributed by atoms with Gasteiger partial charge in [-0.1, -0.05) is 0 Å². The summed E-state index contributed by atoms with van der Waals surface area (Å²) in [5.41, 5.74) is 0. The fraction of sp³-hybridized carbons (Fsp3) is 0.700. The molecule has 1 aliphatic heterocycles. The van der Waals surface area contributed by atoms with Crippen molar-refractivity contribution in [3.63, 3.8) is 0 Å². The molecule has 0 aromatic heterocycles. The predicted molar refractivity (Wildman–Crippen MR) is 47.7 cm³/mol. The molecule has 5 heteroatoms. The molecule has 0 amide bonds. The minimum Gasteiger partial charge on any atom is -0.469 e. The van der Waals surface area contributed by atoms with E-state index in [-0.39, 0.29) is 49.0 Å². The Hall–Kier alpha value is -1.39. The Balaban J connectivity index is 2.16. The van der Waals surface area contributed by atoms with Crippen molar-refractivity contribution in [3.8, 4) is 0 Å². The summed E-state index contributed by atoms with van der Waals surface area (Å²) in [5, 5.41) is 0. The molecule has 2 aliphatic rings. The number of carbonyl (C=O) groups is 3. The van der Waals surface area contributed by atoms with Gasteiger partial charge < -0.3 is 9.47 Å². The molecule has 1 saturated heterocycles. The molecule has 0 bridgehead atoms. The minimum absolute atomic E-state index is 0.0212. The largest absolute Gasteiger partial charge is 0.469 e. The van der Waals surface area contributed by atoms with Crippen molar-refractivity contribution >= 4 is 17.7 Å². The summed E-state index contributed by atoms with van der Waals surface area (Å²) >= 11 is 0. The first-order valence-corrected chi connectivity index (χ1v) is 4.89. The number of Topliss-reactive ketones (excluding diaryl/α,β-unsaturated/α-hetero) is 1. The zero-order valence-electron chi connectivity index (χ0n) is 8.39. The molecule has 0 spiro atoms. The number of ether oxygens (including phenoxy) is 2. The topological polar surface area (TPSA) is 69.7 Å². The van der Waals surface area contributed by atoms with Gasteiger partial charge >= 0.3 is 11.9 Å². The summed E-state index contributed by atoms with van der Waals surface area (Å²) in [6.45, 7) is 0.162. The van der Waals surface area contributed by atoms with Crippen LogP contribution in [0.5, 0.6) is 0 Å². The van der Waals surface area contributed by atoms with E-state index in [2.05, 4.69) is 4.74 Å². The quantitative estimate of drug-likeness (QED) is 0.569. The molecule has 2 fully saturated rings. The van der Waals surface area contributed by atoms with E-state index >= 15 is 0 Å². The van der Waals surface area contributed by atoms with Crippen molar-refractivity contribution in [2.24, 2.45) is 17.8 Å². The monoisotopic (exact) mass is 212 g/mol. The van der Waals surface area contributed by atoms with Crippen molar-refractivity contribution in [1.29, 1.82) is 0 Å². The number of hydrogen-bond acceptors (Lipinski definition) is 5. The maximum absolute atomic E-state index is 11.6. The fourth-order valence-electron chi connectivity index (χ4n) is 2.37. The molecule has 0 aromatic carbocycles. The number of ketones is 1. The zero-order valence-corrected chi connectivity index (χ0v) is 8.39. The second-order valence-corrected chi connectivity index (χ2v) is 3.96. The highest BCUT2D eigenvalue weighted by molar-refractivity contribution is 5.93. The summed E-state index contributed by atoms with van der Waals surface area (Å²) in [7, 11) is 1.30. The summed E-state index contributed by atoms with van der Waals surface area (Å²) in [5.74, 6) is -1.70. The van der Waals surface area contributed by atoms with Crippen molar-refractivity contribution in [1.82, 2.24) is 0 Å². The summed E-state index contributed by atoms with van der Waals surface area (Å²) in [6.07, 6.45) is 0.287. The summed E-state index contributed by atoms with van der Waals surface area (Å²) in [6, 6.07) is 0. The predicted octanol–water partition coefficient (Wildman–Crippen LogP) is -0.0723. The Morgan fingerprint density at radius 1 is 1.40 bits per heavy atom. The third kappa shape index (κ3) is 1.62. The Bertz CT molecular complexity index is 322. The minimum atomic E-state index is -0.430. The van der Waals surface area contributed by atoms with E-state index in [1.807, 2.05) is 0 Å². The van der Waals surface area contributed by atoms with Crippen LogP contribution in [0.15, 0.2) is 0 Å². The van der Waals surface area contributed by atoms with Gasteiger partial charge in [-0.2, -0.15) is 0 Å². The lowest BCUT2D eigenvalue weighted by Crippen LogP contribution is -2.34. The molecular weight excluding hydrogens is 200 g/mol. The molecule has 0 unspecified atom stereocenters. The maximum atomic E-state index is 11.6. The van der Waals surface area contributed by atoms with E-state index in [4.69, 9.17) is 4.74 Å². The highest BCUT2D eigenvalue weighted by Gasteiger charge is 2.49. The third-order valence-corrected chi connectivity index (χ3v) is 3.20. The van der Waals surface area contributed by atoms with Gasteiger partial charge in [0.25, 0.3) is 0 Å². The average Bonchev–Trinajstić information content (AvgIpc) is 2.55. The second-order valence-electron chi connectivity index (χ2n) is 3.96. The third-order valence-electron chi connectivity index (χ3n) is 3.20. The van der Waals surface area contributed by atoms with E-state index in [9.17, 15) is 14.4 Å². The van der Waals surface area contributed by atoms with Gasteiger partial charge in [-0.15, -0.1) is 0 Å². The fourth-order valence-corrected chi connectivity index (χ4v) is 2.37. The number of rotatable bonds is 1. The van der Waals surface area contributed by atoms with E-state index in [0.717, 1.165) is 0 Å². The molecule has 0 aromatic rings. The molecule has 3 atom stereocenters. The zero-order chi connectivity index (χ0) is 11.0. The standard InChI is InChI=1S/C10H12O5/c1-14-10(13)6-2-8(11)5-3-9(12)15-4-7(5)6/h5-7H,2-4H2,1H3/t5-,6+,7+/m1/s1. The second kappa shape index (κ2) is 3.64. The van der Waals surface area contributed by atoms with Gasteiger partial charge in [-0.25, -0.2) is 0 Å². The molecule has 1 heterocycles. The highest BCUT2D eigenvalue weighted by atomic mass is 16.5. The number of methoxy groups -OCH3 is 1. The molecule has 82 valence electrons. The van der Waals surface area contributed by atoms with Crippen LogP contribution >= 0.6 is 0 Å². The van der Waals surface area contributed by atoms with Gasteiger partial charge in [0.2, 0.25) is 0 Å². The molecule has 2 rings (SSSR count). The number of hydrogen-bond donors (Lipinski definition) is 0. The van der Waals surface area contributed by atoms with Crippen molar-refractivity contribution in [2.45, 2.75) is 12.8 Å². The number of cyclic esters (lactones) is 1. The van der Waals surface area contributed by atoms with Gasteiger partial charge in [0, 0.05) is 18.3 Å². The lowest BCUT2D eigenvalue weighted by atomic mass is 9.86. The molecular formula is C10H12O5. The van der Waals surface area contributed by atoms with Crippen molar-refractivity contribution in [3.05, 3.63) is 0 Å². The first kappa shape index (κ1) is 10.1. The lowest BCUT2D eigenvalue weighted by molar-refractivity contribution is -0.159. The Labute approximate surface area is 86.7 Å². The van der Waals surface area contributed by atoms with Gasteiger partial charge in [0.15, 0.2) is 0 Å². The highest BCUT2D eigenvalue weighted by Crippen LogP contribution is 2.39. The smallest absolute Gasteiger partial charge is 0.309 e.